The molecule has 0 amide bonds. The molecule has 4 nitrogen and oxygen atoms in total. The second-order valence-corrected chi connectivity index (χ2v) is 7.01. The number of sulfonamides is 1. The predicted octanol–water partition coefficient (Wildman–Crippen LogP) is 4.28. The highest BCUT2D eigenvalue weighted by Crippen LogP contribution is 2.27. The molecule has 2 aromatic carbocycles. The molecule has 0 bridgehead atoms. The van der Waals surface area contributed by atoms with Crippen molar-refractivity contribution in [2.24, 2.45) is 0 Å². The Morgan fingerprint density at radius 2 is 1.71 bits per heavy atom. The van der Waals surface area contributed by atoms with Gasteiger partial charge in [0.15, 0.2) is 0 Å². The minimum absolute atomic E-state index is 0.0209. The number of benzene rings is 2. The normalized spacial score (nSPS) is 11.7. The molecule has 1 heterocycles. The summed E-state index contributed by atoms with van der Waals surface area (Å²) in [5.41, 5.74) is 1.34. The third-order valence-corrected chi connectivity index (χ3v) is 4.77. The topological polar surface area (TPSA) is 62.0 Å². The molecule has 0 saturated heterocycles. The van der Waals surface area contributed by atoms with E-state index in [1.807, 2.05) is 6.07 Å². The molecule has 0 radical (unpaired) electrons. The van der Waals surface area contributed by atoms with Gasteiger partial charge in [-0.05, 0) is 36.4 Å². The zero-order valence-corrected chi connectivity index (χ0v) is 12.9. The van der Waals surface area contributed by atoms with Crippen molar-refractivity contribution in [2.45, 2.75) is 4.90 Å². The van der Waals surface area contributed by atoms with Crippen LogP contribution in [0.15, 0.2) is 53.6 Å². The van der Waals surface area contributed by atoms with Gasteiger partial charge in [0.25, 0.3) is 10.0 Å². The molecule has 3 rings (SSSR count). The molecule has 0 spiro atoms. The van der Waals surface area contributed by atoms with E-state index in [2.05, 4.69) is 9.71 Å². The third-order valence-electron chi connectivity index (χ3n) is 2.99. The molecule has 1 aromatic heterocycles. The molecule has 0 aliphatic heterocycles. The molecule has 108 valence electrons. The van der Waals surface area contributed by atoms with Gasteiger partial charge >= 0.3 is 0 Å². The standard InChI is InChI=1S/C14H10Cl2N2O2S/c15-9-6-10(16)8-11(7-9)21(19,20)18-14-3-1-2-13-12(14)4-5-17-13/h1-8,17-18H. The van der Waals surface area contributed by atoms with Crippen molar-refractivity contribution in [3.63, 3.8) is 0 Å². The number of hydrogen-bond donors (Lipinski definition) is 2. The maximum Gasteiger partial charge on any atom is 0.262 e. The second-order valence-electron chi connectivity index (χ2n) is 4.46. The van der Waals surface area contributed by atoms with E-state index < -0.39 is 10.0 Å². The van der Waals surface area contributed by atoms with Crippen molar-refractivity contribution >= 4 is 49.8 Å². The van der Waals surface area contributed by atoms with Crippen molar-refractivity contribution < 1.29 is 8.42 Å². The number of hydrogen-bond acceptors (Lipinski definition) is 2. The number of rotatable bonds is 3. The fraction of sp³-hybridized carbons (Fsp3) is 0. The molecule has 0 atom stereocenters. The summed E-state index contributed by atoms with van der Waals surface area (Å²) in [5, 5.41) is 1.32. The van der Waals surface area contributed by atoms with Crippen LogP contribution in [0.2, 0.25) is 10.0 Å². The average Bonchev–Trinajstić information content (AvgIpc) is 2.86. The Bertz CT molecular complexity index is 899. The molecular weight excluding hydrogens is 331 g/mol. The Labute approximate surface area is 131 Å². The molecule has 0 fully saturated rings. The van der Waals surface area contributed by atoms with E-state index in [9.17, 15) is 8.42 Å². The van der Waals surface area contributed by atoms with E-state index in [4.69, 9.17) is 23.2 Å². The van der Waals surface area contributed by atoms with Crippen molar-refractivity contribution in [3.8, 4) is 0 Å². The highest BCUT2D eigenvalue weighted by molar-refractivity contribution is 7.92. The average molecular weight is 341 g/mol. The lowest BCUT2D eigenvalue weighted by atomic mass is 10.2. The first-order valence-electron chi connectivity index (χ1n) is 6.01. The van der Waals surface area contributed by atoms with Gasteiger partial charge in [0.05, 0.1) is 10.6 Å². The largest absolute Gasteiger partial charge is 0.361 e. The first-order valence-corrected chi connectivity index (χ1v) is 8.25. The van der Waals surface area contributed by atoms with Crippen LogP contribution in [0.25, 0.3) is 10.9 Å². The van der Waals surface area contributed by atoms with E-state index in [-0.39, 0.29) is 14.9 Å². The van der Waals surface area contributed by atoms with Gasteiger partial charge in [-0.15, -0.1) is 0 Å². The van der Waals surface area contributed by atoms with Crippen LogP contribution in [0.3, 0.4) is 0 Å². The third kappa shape index (κ3) is 2.85. The SMILES string of the molecule is O=S(=O)(Nc1cccc2[nH]ccc12)c1cc(Cl)cc(Cl)c1. The summed E-state index contributed by atoms with van der Waals surface area (Å²) in [6.45, 7) is 0. The minimum atomic E-state index is -3.76. The summed E-state index contributed by atoms with van der Waals surface area (Å²) in [4.78, 5) is 3.05. The molecule has 21 heavy (non-hydrogen) atoms. The second kappa shape index (κ2) is 5.26. The molecule has 7 heteroatoms. The summed E-state index contributed by atoms with van der Waals surface area (Å²) in [6.07, 6.45) is 1.75. The van der Waals surface area contributed by atoms with Gasteiger partial charge in [-0.2, -0.15) is 0 Å². The lowest BCUT2D eigenvalue weighted by Crippen LogP contribution is -2.13. The van der Waals surface area contributed by atoms with Crippen LogP contribution < -0.4 is 4.72 Å². The van der Waals surface area contributed by atoms with Crippen molar-refractivity contribution in [3.05, 3.63) is 58.7 Å². The number of aromatic nitrogens is 1. The maximum atomic E-state index is 12.4. The summed E-state index contributed by atoms with van der Waals surface area (Å²) in [6, 6.07) is 11.3. The van der Waals surface area contributed by atoms with Crippen molar-refractivity contribution in [2.75, 3.05) is 4.72 Å². The van der Waals surface area contributed by atoms with E-state index in [0.29, 0.717) is 5.69 Å². The Hall–Kier alpha value is -1.69. The highest BCUT2D eigenvalue weighted by Gasteiger charge is 2.17. The van der Waals surface area contributed by atoms with Gasteiger partial charge in [-0.3, -0.25) is 4.72 Å². The van der Waals surface area contributed by atoms with Gasteiger partial charge in [-0.25, -0.2) is 8.42 Å². The highest BCUT2D eigenvalue weighted by atomic mass is 35.5. The quantitative estimate of drug-likeness (QED) is 0.747. The van der Waals surface area contributed by atoms with Gasteiger partial charge in [-0.1, -0.05) is 29.3 Å². The maximum absolute atomic E-state index is 12.4. The number of halogens is 2. The molecule has 0 unspecified atom stereocenters. The predicted molar refractivity (Wildman–Crippen MR) is 85.6 cm³/mol. The zero-order chi connectivity index (χ0) is 15.0. The van der Waals surface area contributed by atoms with Crippen LogP contribution >= 0.6 is 23.2 Å². The number of anilines is 1. The van der Waals surface area contributed by atoms with Crippen LogP contribution in [-0.2, 0) is 10.0 Å². The lowest BCUT2D eigenvalue weighted by molar-refractivity contribution is 0.601. The summed E-state index contributed by atoms with van der Waals surface area (Å²) in [7, 11) is -3.76. The van der Waals surface area contributed by atoms with E-state index in [1.165, 1.54) is 18.2 Å². The van der Waals surface area contributed by atoms with Gasteiger partial charge in [0, 0.05) is 27.1 Å². The smallest absolute Gasteiger partial charge is 0.262 e. The Morgan fingerprint density at radius 3 is 2.43 bits per heavy atom. The van der Waals surface area contributed by atoms with Crippen LogP contribution in [-0.4, -0.2) is 13.4 Å². The molecule has 0 aliphatic carbocycles. The van der Waals surface area contributed by atoms with E-state index in [0.717, 1.165) is 10.9 Å². The van der Waals surface area contributed by atoms with Gasteiger partial charge in [0.2, 0.25) is 0 Å². The van der Waals surface area contributed by atoms with Crippen molar-refractivity contribution in [1.82, 2.24) is 4.98 Å². The monoisotopic (exact) mass is 340 g/mol. The van der Waals surface area contributed by atoms with Gasteiger partial charge in [0.1, 0.15) is 0 Å². The van der Waals surface area contributed by atoms with Gasteiger partial charge < -0.3 is 4.98 Å². The van der Waals surface area contributed by atoms with Crippen LogP contribution in [0.4, 0.5) is 5.69 Å². The number of fused-ring (bicyclic) bond motifs is 1. The Morgan fingerprint density at radius 1 is 1.00 bits per heavy atom. The van der Waals surface area contributed by atoms with E-state index >= 15 is 0 Å². The first-order chi connectivity index (χ1) is 9.95. The summed E-state index contributed by atoms with van der Waals surface area (Å²) < 4.78 is 27.4. The molecular formula is C14H10Cl2N2O2S. The fourth-order valence-electron chi connectivity index (χ4n) is 2.06. The number of nitrogens with one attached hydrogen (secondary N) is 2. The lowest BCUT2D eigenvalue weighted by Gasteiger charge is -2.10. The van der Waals surface area contributed by atoms with Crippen molar-refractivity contribution in [1.29, 1.82) is 0 Å². The van der Waals surface area contributed by atoms with Crippen LogP contribution in [0.5, 0.6) is 0 Å². The van der Waals surface area contributed by atoms with Crippen LogP contribution in [0, 0.1) is 0 Å². The summed E-state index contributed by atoms with van der Waals surface area (Å²) >= 11 is 11.7. The fourth-order valence-corrected chi connectivity index (χ4v) is 3.87. The summed E-state index contributed by atoms with van der Waals surface area (Å²) in [5.74, 6) is 0. The Kier molecular flexibility index (Phi) is 3.57. The molecule has 3 aromatic rings. The first kappa shape index (κ1) is 14.3. The minimum Gasteiger partial charge on any atom is -0.361 e. The zero-order valence-electron chi connectivity index (χ0n) is 10.6. The van der Waals surface area contributed by atoms with E-state index in [1.54, 1.807) is 24.4 Å². The molecule has 0 aliphatic rings. The number of aromatic amines is 1. The Balaban J connectivity index is 2.05. The molecule has 2 N–H and O–H groups in total. The molecule has 0 saturated carbocycles. The number of H-pyrrole nitrogens is 1. The van der Waals surface area contributed by atoms with Crippen LogP contribution in [0.1, 0.15) is 0 Å².